The van der Waals surface area contributed by atoms with E-state index in [0.717, 1.165) is 12.8 Å². The van der Waals surface area contributed by atoms with Gasteiger partial charge in [0.2, 0.25) is 0 Å². The Morgan fingerprint density at radius 3 is 2.50 bits per heavy atom. The third-order valence-corrected chi connectivity index (χ3v) is 2.61. The third kappa shape index (κ3) is 2.39. The summed E-state index contributed by atoms with van der Waals surface area (Å²) in [7, 11) is 0. The van der Waals surface area contributed by atoms with Gasteiger partial charge in [-0.25, -0.2) is 0 Å². The molecular weight excluding hydrogens is 202 g/mol. The molecule has 1 fully saturated rings. The summed E-state index contributed by atoms with van der Waals surface area (Å²) in [5, 5.41) is 7.29. The molecule has 84 valence electrons. The van der Waals surface area contributed by atoms with Gasteiger partial charge in [0.15, 0.2) is 0 Å². The van der Waals surface area contributed by atoms with E-state index < -0.39 is 0 Å². The second kappa shape index (κ2) is 4.35. The van der Waals surface area contributed by atoms with Crippen LogP contribution in [0.4, 0.5) is 0 Å². The Hall–Kier alpha value is -1.84. The van der Waals surface area contributed by atoms with Crippen LogP contribution in [0.3, 0.4) is 0 Å². The van der Waals surface area contributed by atoms with Crippen molar-refractivity contribution in [2.45, 2.75) is 18.9 Å². The summed E-state index contributed by atoms with van der Waals surface area (Å²) < 4.78 is 0. The van der Waals surface area contributed by atoms with Crippen LogP contribution < -0.4 is 5.73 Å². The van der Waals surface area contributed by atoms with Gasteiger partial charge in [-0.2, -0.15) is 0 Å². The standard InChI is InChI=1S/C12H15N3O/c13-11(14)8-15(10-6-7-10)12(16)9-4-2-1-3-5-9/h1-5,10H,6-8H2,(H3,13,14). The number of amidine groups is 1. The van der Waals surface area contributed by atoms with Gasteiger partial charge >= 0.3 is 0 Å². The van der Waals surface area contributed by atoms with Crippen molar-refractivity contribution < 1.29 is 4.79 Å². The lowest BCUT2D eigenvalue weighted by molar-refractivity contribution is 0.0768. The van der Waals surface area contributed by atoms with Crippen molar-refractivity contribution in [1.82, 2.24) is 4.90 Å². The van der Waals surface area contributed by atoms with Gasteiger partial charge in [-0.05, 0) is 25.0 Å². The molecule has 4 heteroatoms. The van der Waals surface area contributed by atoms with Crippen molar-refractivity contribution in [3.63, 3.8) is 0 Å². The predicted octanol–water partition coefficient (Wildman–Crippen LogP) is 1.23. The third-order valence-electron chi connectivity index (χ3n) is 2.61. The van der Waals surface area contributed by atoms with Crippen molar-refractivity contribution in [1.29, 1.82) is 5.41 Å². The smallest absolute Gasteiger partial charge is 0.254 e. The Kier molecular flexibility index (Phi) is 2.90. The second-order valence-electron chi connectivity index (χ2n) is 4.06. The highest BCUT2D eigenvalue weighted by Crippen LogP contribution is 2.27. The first-order chi connectivity index (χ1) is 7.68. The molecule has 1 aliphatic carbocycles. The molecule has 1 aliphatic rings. The minimum atomic E-state index is -0.0294. The van der Waals surface area contributed by atoms with E-state index in [1.807, 2.05) is 18.2 Å². The molecule has 0 heterocycles. The van der Waals surface area contributed by atoms with E-state index in [0.29, 0.717) is 5.56 Å². The number of hydrogen-bond donors (Lipinski definition) is 2. The Morgan fingerprint density at radius 1 is 1.38 bits per heavy atom. The van der Waals surface area contributed by atoms with E-state index >= 15 is 0 Å². The Labute approximate surface area is 94.6 Å². The second-order valence-corrected chi connectivity index (χ2v) is 4.06. The fraction of sp³-hybridized carbons (Fsp3) is 0.333. The molecular formula is C12H15N3O. The van der Waals surface area contributed by atoms with Crippen LogP contribution in [0.5, 0.6) is 0 Å². The van der Waals surface area contributed by atoms with E-state index in [1.165, 1.54) is 0 Å². The normalized spacial score (nSPS) is 14.5. The van der Waals surface area contributed by atoms with Gasteiger partial charge in [-0.3, -0.25) is 10.2 Å². The molecule has 0 radical (unpaired) electrons. The summed E-state index contributed by atoms with van der Waals surface area (Å²) in [6, 6.07) is 9.41. The number of carbonyl (C=O) groups excluding carboxylic acids is 1. The van der Waals surface area contributed by atoms with Crippen LogP contribution in [0.25, 0.3) is 0 Å². The van der Waals surface area contributed by atoms with Gasteiger partial charge in [-0.1, -0.05) is 18.2 Å². The average molecular weight is 217 g/mol. The highest BCUT2D eigenvalue weighted by atomic mass is 16.2. The zero-order valence-corrected chi connectivity index (χ0v) is 9.02. The van der Waals surface area contributed by atoms with Gasteiger partial charge in [0.1, 0.15) is 5.84 Å². The number of nitrogens with two attached hydrogens (primary N) is 1. The molecule has 16 heavy (non-hydrogen) atoms. The van der Waals surface area contributed by atoms with Crippen LogP contribution in [0.1, 0.15) is 23.2 Å². The number of nitrogens with one attached hydrogen (secondary N) is 1. The first kappa shape index (κ1) is 10.7. The molecule has 0 atom stereocenters. The first-order valence-corrected chi connectivity index (χ1v) is 5.37. The molecule has 0 aliphatic heterocycles. The molecule has 3 N–H and O–H groups in total. The van der Waals surface area contributed by atoms with Crippen molar-refractivity contribution in [2.75, 3.05) is 6.54 Å². The minimum absolute atomic E-state index is 0.0294. The summed E-state index contributed by atoms with van der Waals surface area (Å²) in [4.78, 5) is 13.8. The number of amides is 1. The summed E-state index contributed by atoms with van der Waals surface area (Å²) in [6.45, 7) is 0.235. The van der Waals surface area contributed by atoms with Crippen LogP contribution in [-0.4, -0.2) is 29.2 Å². The quantitative estimate of drug-likeness (QED) is 0.588. The summed E-state index contributed by atoms with van der Waals surface area (Å²) in [6.07, 6.45) is 2.04. The predicted molar refractivity (Wildman–Crippen MR) is 62.4 cm³/mol. The van der Waals surface area contributed by atoms with Crippen molar-refractivity contribution in [2.24, 2.45) is 5.73 Å². The number of rotatable bonds is 4. The summed E-state index contributed by atoms with van der Waals surface area (Å²) in [5.41, 5.74) is 6.03. The zero-order chi connectivity index (χ0) is 11.5. The summed E-state index contributed by atoms with van der Waals surface area (Å²) >= 11 is 0. The average Bonchev–Trinajstić information content (AvgIpc) is 3.10. The molecule has 0 unspecified atom stereocenters. The lowest BCUT2D eigenvalue weighted by Gasteiger charge is -2.21. The lowest BCUT2D eigenvalue weighted by Crippen LogP contribution is -2.39. The molecule has 0 aromatic heterocycles. The van der Waals surface area contributed by atoms with Gasteiger partial charge in [0.05, 0.1) is 6.54 Å². The SMILES string of the molecule is N=C(N)CN(C(=O)c1ccccc1)C1CC1. The van der Waals surface area contributed by atoms with Gasteiger partial charge < -0.3 is 10.6 Å². The largest absolute Gasteiger partial charge is 0.386 e. The van der Waals surface area contributed by atoms with E-state index in [-0.39, 0.29) is 24.3 Å². The number of hydrogen-bond acceptors (Lipinski definition) is 2. The molecule has 0 saturated heterocycles. The van der Waals surface area contributed by atoms with Gasteiger partial charge in [0, 0.05) is 11.6 Å². The Bertz CT molecular complexity index is 398. The van der Waals surface area contributed by atoms with Crippen LogP contribution >= 0.6 is 0 Å². The minimum Gasteiger partial charge on any atom is -0.386 e. The molecule has 4 nitrogen and oxygen atoms in total. The number of benzene rings is 1. The van der Waals surface area contributed by atoms with Gasteiger partial charge in [0.25, 0.3) is 5.91 Å². The van der Waals surface area contributed by atoms with E-state index in [1.54, 1.807) is 17.0 Å². The first-order valence-electron chi connectivity index (χ1n) is 5.37. The maximum absolute atomic E-state index is 12.1. The lowest BCUT2D eigenvalue weighted by atomic mass is 10.2. The van der Waals surface area contributed by atoms with Gasteiger partial charge in [-0.15, -0.1) is 0 Å². The summed E-state index contributed by atoms with van der Waals surface area (Å²) in [5.74, 6) is 0.00878. The molecule has 1 aromatic rings. The monoisotopic (exact) mass is 217 g/mol. The molecule has 0 spiro atoms. The molecule has 2 rings (SSSR count). The molecule has 0 bridgehead atoms. The van der Waals surface area contributed by atoms with Crippen LogP contribution in [0.2, 0.25) is 0 Å². The number of carbonyl (C=O) groups is 1. The number of nitrogens with zero attached hydrogens (tertiary/aromatic N) is 1. The fourth-order valence-corrected chi connectivity index (χ4v) is 1.68. The molecule has 1 amide bonds. The zero-order valence-electron chi connectivity index (χ0n) is 9.02. The van der Waals surface area contributed by atoms with Crippen molar-refractivity contribution in [3.05, 3.63) is 35.9 Å². The van der Waals surface area contributed by atoms with Crippen LogP contribution in [0, 0.1) is 5.41 Å². The fourth-order valence-electron chi connectivity index (χ4n) is 1.68. The maximum Gasteiger partial charge on any atom is 0.254 e. The maximum atomic E-state index is 12.1. The van der Waals surface area contributed by atoms with E-state index in [4.69, 9.17) is 11.1 Å². The highest BCUT2D eigenvalue weighted by Gasteiger charge is 2.33. The van der Waals surface area contributed by atoms with Crippen LogP contribution in [-0.2, 0) is 0 Å². The Morgan fingerprint density at radius 2 is 2.00 bits per heavy atom. The van der Waals surface area contributed by atoms with Crippen LogP contribution in [0.15, 0.2) is 30.3 Å². The molecule has 1 saturated carbocycles. The molecule has 1 aromatic carbocycles. The van der Waals surface area contributed by atoms with Crippen molar-refractivity contribution >= 4 is 11.7 Å². The topological polar surface area (TPSA) is 70.2 Å². The van der Waals surface area contributed by atoms with E-state index in [2.05, 4.69) is 0 Å². The van der Waals surface area contributed by atoms with E-state index in [9.17, 15) is 4.79 Å². The van der Waals surface area contributed by atoms with Crippen molar-refractivity contribution in [3.8, 4) is 0 Å². The Balaban J connectivity index is 2.14. The highest BCUT2D eigenvalue weighted by molar-refractivity contribution is 5.97.